The highest BCUT2D eigenvalue weighted by atomic mass is 16.2. The number of para-hydroxylation sites is 2. The molecule has 5 nitrogen and oxygen atoms in total. The van der Waals surface area contributed by atoms with E-state index >= 15 is 0 Å². The van der Waals surface area contributed by atoms with Crippen molar-refractivity contribution in [1.82, 2.24) is 19.9 Å². The van der Waals surface area contributed by atoms with Crippen LogP contribution in [0.15, 0.2) is 48.8 Å². The Kier molecular flexibility index (Phi) is 4.66. The predicted molar refractivity (Wildman–Crippen MR) is 90.0 cm³/mol. The maximum Gasteiger partial charge on any atom is 0.222 e. The molecule has 2 aromatic heterocycles. The van der Waals surface area contributed by atoms with Gasteiger partial charge in [-0.1, -0.05) is 12.1 Å². The third kappa shape index (κ3) is 3.94. The number of rotatable bonds is 6. The first-order valence-corrected chi connectivity index (χ1v) is 7.79. The monoisotopic (exact) mass is 308 g/mol. The van der Waals surface area contributed by atoms with Gasteiger partial charge in [0.05, 0.1) is 11.0 Å². The van der Waals surface area contributed by atoms with E-state index in [1.165, 1.54) is 0 Å². The van der Waals surface area contributed by atoms with Crippen molar-refractivity contribution in [3.05, 3.63) is 60.2 Å². The topological polar surface area (TPSA) is 61.9 Å². The Morgan fingerprint density at radius 1 is 1.13 bits per heavy atom. The number of pyridine rings is 1. The lowest BCUT2D eigenvalue weighted by Gasteiger charge is -2.16. The molecule has 3 rings (SSSR count). The lowest BCUT2D eigenvalue weighted by molar-refractivity contribution is -0.129. The molecule has 118 valence electrons. The first kappa shape index (κ1) is 15.2. The summed E-state index contributed by atoms with van der Waals surface area (Å²) in [5.74, 6) is 1.07. The van der Waals surface area contributed by atoms with Crippen LogP contribution in [0.3, 0.4) is 0 Å². The lowest BCUT2D eigenvalue weighted by atomic mass is 10.1. The average Bonchev–Trinajstić information content (AvgIpc) is 3.01. The van der Waals surface area contributed by atoms with Gasteiger partial charge in [-0.25, -0.2) is 4.98 Å². The van der Waals surface area contributed by atoms with Gasteiger partial charge in [0.2, 0.25) is 5.91 Å². The number of carbonyl (C=O) groups excluding carboxylic acids is 1. The molecule has 0 radical (unpaired) electrons. The smallest absolute Gasteiger partial charge is 0.222 e. The highest BCUT2D eigenvalue weighted by Crippen LogP contribution is 2.11. The fourth-order valence-electron chi connectivity index (χ4n) is 2.51. The maximum atomic E-state index is 12.2. The van der Waals surface area contributed by atoms with Crippen LogP contribution in [0.5, 0.6) is 0 Å². The largest absolute Gasteiger partial charge is 0.345 e. The van der Waals surface area contributed by atoms with Gasteiger partial charge in [-0.3, -0.25) is 9.78 Å². The zero-order valence-electron chi connectivity index (χ0n) is 13.2. The van der Waals surface area contributed by atoms with Crippen LogP contribution < -0.4 is 0 Å². The number of aromatic amines is 1. The van der Waals surface area contributed by atoms with E-state index in [0.717, 1.165) is 35.3 Å². The average molecular weight is 308 g/mol. The zero-order chi connectivity index (χ0) is 16.1. The highest BCUT2D eigenvalue weighted by Gasteiger charge is 2.10. The van der Waals surface area contributed by atoms with Gasteiger partial charge >= 0.3 is 0 Å². The number of aromatic nitrogens is 3. The van der Waals surface area contributed by atoms with Crippen LogP contribution >= 0.6 is 0 Å². The van der Waals surface area contributed by atoms with E-state index in [0.29, 0.717) is 13.0 Å². The van der Waals surface area contributed by atoms with E-state index in [1.54, 1.807) is 17.3 Å². The molecule has 0 aliphatic heterocycles. The third-order valence-electron chi connectivity index (χ3n) is 3.93. The summed E-state index contributed by atoms with van der Waals surface area (Å²) >= 11 is 0. The lowest BCUT2D eigenvalue weighted by Crippen LogP contribution is -2.29. The first-order chi connectivity index (χ1) is 11.2. The van der Waals surface area contributed by atoms with Crippen molar-refractivity contribution in [3.8, 4) is 0 Å². The minimum absolute atomic E-state index is 0.151. The Hall–Kier alpha value is -2.69. The summed E-state index contributed by atoms with van der Waals surface area (Å²) in [5, 5.41) is 0. The molecule has 1 aromatic carbocycles. The summed E-state index contributed by atoms with van der Waals surface area (Å²) in [6, 6.07) is 11.8. The Morgan fingerprint density at radius 3 is 2.70 bits per heavy atom. The van der Waals surface area contributed by atoms with E-state index < -0.39 is 0 Å². The molecule has 5 heteroatoms. The molecule has 2 heterocycles. The molecular formula is C18H20N4O. The van der Waals surface area contributed by atoms with Crippen molar-refractivity contribution >= 4 is 16.9 Å². The van der Waals surface area contributed by atoms with Crippen molar-refractivity contribution in [3.63, 3.8) is 0 Å². The van der Waals surface area contributed by atoms with Crippen LogP contribution in [-0.4, -0.2) is 39.4 Å². The first-order valence-electron chi connectivity index (χ1n) is 7.79. The summed E-state index contributed by atoms with van der Waals surface area (Å²) in [6.07, 6.45) is 5.50. The molecule has 0 unspecified atom stereocenters. The number of nitrogens with one attached hydrogen (secondary N) is 1. The number of aryl methyl sites for hydroxylation is 1. The van der Waals surface area contributed by atoms with Crippen LogP contribution in [0, 0.1) is 0 Å². The molecule has 0 bridgehead atoms. The molecule has 1 amide bonds. The second-order valence-corrected chi connectivity index (χ2v) is 5.62. The molecular weight excluding hydrogens is 288 g/mol. The number of hydrogen-bond donors (Lipinski definition) is 1. The molecule has 0 saturated heterocycles. The fourth-order valence-corrected chi connectivity index (χ4v) is 2.51. The van der Waals surface area contributed by atoms with E-state index in [-0.39, 0.29) is 5.91 Å². The van der Waals surface area contributed by atoms with E-state index in [9.17, 15) is 4.79 Å². The van der Waals surface area contributed by atoms with E-state index in [4.69, 9.17) is 0 Å². The molecule has 0 aliphatic rings. The Morgan fingerprint density at radius 2 is 1.91 bits per heavy atom. The third-order valence-corrected chi connectivity index (χ3v) is 3.93. The van der Waals surface area contributed by atoms with Crippen LogP contribution in [0.2, 0.25) is 0 Å². The van der Waals surface area contributed by atoms with Gasteiger partial charge in [-0.2, -0.15) is 0 Å². The summed E-state index contributed by atoms with van der Waals surface area (Å²) in [5.41, 5.74) is 3.14. The zero-order valence-corrected chi connectivity index (χ0v) is 13.2. The number of hydrogen-bond acceptors (Lipinski definition) is 3. The SMILES string of the molecule is CN(CCc1nc2ccccc2[nH]1)C(=O)CCc1ccncc1. The number of amides is 1. The van der Waals surface area contributed by atoms with Gasteiger partial charge in [0.25, 0.3) is 0 Å². The van der Waals surface area contributed by atoms with Gasteiger partial charge in [-0.15, -0.1) is 0 Å². The minimum Gasteiger partial charge on any atom is -0.345 e. The molecule has 3 aromatic rings. The number of imidazole rings is 1. The molecule has 1 N–H and O–H groups in total. The number of benzene rings is 1. The number of fused-ring (bicyclic) bond motifs is 1. The molecule has 0 aliphatic carbocycles. The van der Waals surface area contributed by atoms with E-state index in [2.05, 4.69) is 15.0 Å². The summed E-state index contributed by atoms with van der Waals surface area (Å²) in [4.78, 5) is 25.8. The number of likely N-dealkylation sites (N-methyl/N-ethyl adjacent to an activating group) is 1. The van der Waals surface area contributed by atoms with Gasteiger partial charge in [0, 0.05) is 38.8 Å². The molecule has 0 saturated carbocycles. The van der Waals surface area contributed by atoms with Crippen molar-refractivity contribution < 1.29 is 4.79 Å². The van der Waals surface area contributed by atoms with Crippen molar-refractivity contribution in [2.45, 2.75) is 19.3 Å². The van der Waals surface area contributed by atoms with Crippen molar-refractivity contribution in [2.75, 3.05) is 13.6 Å². The molecule has 23 heavy (non-hydrogen) atoms. The quantitative estimate of drug-likeness (QED) is 0.761. The molecule has 0 atom stereocenters. The summed E-state index contributed by atoms with van der Waals surface area (Å²) < 4.78 is 0. The molecule has 0 fully saturated rings. The molecule has 0 spiro atoms. The Bertz CT molecular complexity index is 749. The van der Waals surface area contributed by atoms with Crippen LogP contribution in [0.1, 0.15) is 17.8 Å². The van der Waals surface area contributed by atoms with Crippen LogP contribution in [-0.2, 0) is 17.6 Å². The van der Waals surface area contributed by atoms with Gasteiger partial charge in [0.1, 0.15) is 5.82 Å². The summed E-state index contributed by atoms with van der Waals surface area (Å²) in [7, 11) is 1.84. The second-order valence-electron chi connectivity index (χ2n) is 5.62. The van der Waals surface area contributed by atoms with E-state index in [1.807, 2.05) is 43.4 Å². The second kappa shape index (κ2) is 7.05. The van der Waals surface area contributed by atoms with Crippen molar-refractivity contribution in [1.29, 1.82) is 0 Å². The number of nitrogens with zero attached hydrogens (tertiary/aromatic N) is 3. The normalized spacial score (nSPS) is 10.8. The maximum absolute atomic E-state index is 12.2. The van der Waals surface area contributed by atoms with Crippen LogP contribution in [0.4, 0.5) is 0 Å². The van der Waals surface area contributed by atoms with Crippen molar-refractivity contribution in [2.24, 2.45) is 0 Å². The fraction of sp³-hybridized carbons (Fsp3) is 0.278. The van der Waals surface area contributed by atoms with Gasteiger partial charge < -0.3 is 9.88 Å². The van der Waals surface area contributed by atoms with Gasteiger partial charge in [-0.05, 0) is 36.2 Å². The standard InChI is InChI=1S/C18H20N4O/c1-22(18(23)7-6-14-8-11-19-12-9-14)13-10-17-20-15-4-2-3-5-16(15)21-17/h2-5,8-9,11-12H,6-7,10,13H2,1H3,(H,20,21). The predicted octanol–water partition coefficient (Wildman–Crippen LogP) is 2.59. The summed E-state index contributed by atoms with van der Waals surface area (Å²) in [6.45, 7) is 0.662. The highest BCUT2D eigenvalue weighted by molar-refractivity contribution is 5.76. The Labute approximate surface area is 135 Å². The van der Waals surface area contributed by atoms with Crippen LogP contribution in [0.25, 0.3) is 11.0 Å². The number of carbonyl (C=O) groups is 1. The van der Waals surface area contributed by atoms with Gasteiger partial charge in [0.15, 0.2) is 0 Å². The number of H-pyrrole nitrogens is 1. The minimum atomic E-state index is 0.151. The Balaban J connectivity index is 1.50.